The summed E-state index contributed by atoms with van der Waals surface area (Å²) in [6.07, 6.45) is 3.68. The molecule has 2 amide bonds. The van der Waals surface area contributed by atoms with E-state index in [1.807, 2.05) is 0 Å². The van der Waals surface area contributed by atoms with Gasteiger partial charge in [-0.3, -0.25) is 19.2 Å². The van der Waals surface area contributed by atoms with Crippen molar-refractivity contribution in [2.24, 2.45) is 5.92 Å². The molecule has 0 spiro atoms. The number of halogens is 1. The van der Waals surface area contributed by atoms with E-state index in [4.69, 9.17) is 9.47 Å². The van der Waals surface area contributed by atoms with Crippen LogP contribution in [0.1, 0.15) is 52.4 Å². The van der Waals surface area contributed by atoms with E-state index in [0.717, 1.165) is 4.31 Å². The fourth-order valence-corrected chi connectivity index (χ4v) is 6.80. The van der Waals surface area contributed by atoms with Crippen LogP contribution < -0.4 is 15.5 Å². The molecule has 280 valence electrons. The lowest BCUT2D eigenvalue weighted by atomic mass is 10.0. The maximum atomic E-state index is 13.8. The van der Waals surface area contributed by atoms with Crippen molar-refractivity contribution in [3.05, 3.63) is 77.4 Å². The van der Waals surface area contributed by atoms with Crippen LogP contribution in [0, 0.1) is 5.92 Å². The predicted octanol–water partition coefficient (Wildman–Crippen LogP) is 1.64. The van der Waals surface area contributed by atoms with E-state index in [-0.39, 0.29) is 61.0 Å². The number of nitrogens with one attached hydrogen (secondary N) is 2. The summed E-state index contributed by atoms with van der Waals surface area (Å²) in [4.78, 5) is 37.2. The lowest BCUT2D eigenvalue weighted by Crippen LogP contribution is -2.51. The Hall–Kier alpha value is -5.31. The van der Waals surface area contributed by atoms with Crippen molar-refractivity contribution in [1.82, 2.24) is 45.1 Å². The smallest absolute Gasteiger partial charge is 0.335 e. The number of aromatic nitrogens is 6. The first-order valence-corrected chi connectivity index (χ1v) is 17.5. The Morgan fingerprint density at radius 1 is 1.00 bits per heavy atom. The number of sulfonamides is 1. The summed E-state index contributed by atoms with van der Waals surface area (Å²) in [6, 6.07) is 8.41. The first-order chi connectivity index (χ1) is 24.9. The lowest BCUT2D eigenvalue weighted by molar-refractivity contribution is -0.134. The summed E-state index contributed by atoms with van der Waals surface area (Å²) < 4.78 is 54.5. The molecular formula is C32H40FN9O9S. The molecule has 0 saturated carbocycles. The number of hydrogen-bond donors (Lipinski definition) is 4. The summed E-state index contributed by atoms with van der Waals surface area (Å²) in [6.45, 7) is 2.99. The summed E-state index contributed by atoms with van der Waals surface area (Å²) in [5.74, 6) is -2.79. The second-order valence-electron chi connectivity index (χ2n) is 11.8. The fraction of sp³-hybridized carbons (Fsp3) is 0.406. The summed E-state index contributed by atoms with van der Waals surface area (Å²) in [5, 5.41) is 37.6. The molecule has 4 aromatic rings. The zero-order valence-electron chi connectivity index (χ0n) is 28.7. The largest absolute Gasteiger partial charge is 0.497 e. The highest BCUT2D eigenvalue weighted by molar-refractivity contribution is 7.89. The number of hydroxylamine groups is 1. The maximum Gasteiger partial charge on any atom is 0.335 e. The van der Waals surface area contributed by atoms with Crippen LogP contribution in [0.4, 0.5) is 4.39 Å². The van der Waals surface area contributed by atoms with Gasteiger partial charge in [-0.05, 0) is 61.2 Å². The highest BCUT2D eigenvalue weighted by atomic mass is 32.2. The van der Waals surface area contributed by atoms with E-state index in [9.17, 15) is 37.5 Å². The Morgan fingerprint density at radius 3 is 2.37 bits per heavy atom. The number of benzene rings is 2. The number of carbonyl (C=O) groups excluding carboxylic acids is 2. The van der Waals surface area contributed by atoms with Crippen LogP contribution in [0.25, 0.3) is 5.69 Å². The van der Waals surface area contributed by atoms with Gasteiger partial charge in [0.1, 0.15) is 11.8 Å². The van der Waals surface area contributed by atoms with E-state index in [2.05, 4.69) is 25.9 Å². The molecule has 0 saturated heterocycles. The predicted molar refractivity (Wildman–Crippen MR) is 180 cm³/mol. The maximum absolute atomic E-state index is 13.8. The molecule has 0 radical (unpaired) electrons. The number of carboxylic acids is 1. The molecule has 1 atom stereocenters. The van der Waals surface area contributed by atoms with Gasteiger partial charge in [0.25, 0.3) is 11.8 Å². The Morgan fingerprint density at radius 2 is 1.71 bits per heavy atom. The molecule has 0 unspecified atom stereocenters. The monoisotopic (exact) mass is 745 g/mol. The quantitative estimate of drug-likeness (QED) is 0.0573. The standard InChI is InChI=1S/C32H40FN9O9S/c1-21(2)29(31(44)37-47)42(52(48,49)28-8-6-27(50-3)7-9-28)20-25-18-40(38-36-25)12-14-51-13-11-34-30(43)22-15-23(32(45)46)17-26(16-22)41-19-24(35-39-41)5-4-10-33/h6-9,15-19,21,29,47H,4-5,10-14,20H2,1-3H3,(H,34,43)(H,37,44)(H,45,46)/t29-/m1/s1. The molecule has 0 bridgehead atoms. The van der Waals surface area contributed by atoms with Crippen molar-refractivity contribution in [2.75, 3.05) is 33.5 Å². The van der Waals surface area contributed by atoms with Crippen molar-refractivity contribution >= 4 is 27.8 Å². The van der Waals surface area contributed by atoms with Crippen molar-refractivity contribution < 1.29 is 47.0 Å². The minimum atomic E-state index is -4.27. The molecule has 0 fully saturated rings. The lowest BCUT2D eigenvalue weighted by Gasteiger charge is -2.31. The van der Waals surface area contributed by atoms with E-state index in [1.54, 1.807) is 25.5 Å². The van der Waals surface area contributed by atoms with Crippen molar-refractivity contribution in [3.63, 3.8) is 0 Å². The van der Waals surface area contributed by atoms with Crippen molar-refractivity contribution in [1.29, 1.82) is 0 Å². The van der Waals surface area contributed by atoms with Gasteiger partial charge in [-0.15, -0.1) is 10.2 Å². The van der Waals surface area contributed by atoms with E-state index in [1.165, 1.54) is 65.1 Å². The average Bonchev–Trinajstić information content (AvgIpc) is 3.81. The zero-order valence-corrected chi connectivity index (χ0v) is 29.5. The first-order valence-electron chi connectivity index (χ1n) is 16.1. The normalized spacial score (nSPS) is 12.2. The fourth-order valence-electron chi connectivity index (χ4n) is 5.11. The van der Waals surface area contributed by atoms with Gasteiger partial charge in [-0.1, -0.05) is 24.3 Å². The number of carbonyl (C=O) groups is 3. The number of amides is 2. The van der Waals surface area contributed by atoms with Gasteiger partial charge in [-0.2, -0.15) is 4.31 Å². The Balaban J connectivity index is 1.34. The second kappa shape index (κ2) is 18.3. The molecule has 0 aliphatic rings. The van der Waals surface area contributed by atoms with E-state index < -0.39 is 46.4 Å². The van der Waals surface area contributed by atoms with Crippen LogP contribution in [0.5, 0.6) is 5.75 Å². The number of carboxylic acid groups (broad SMARTS) is 1. The Labute approximate surface area is 298 Å². The number of aryl methyl sites for hydroxylation is 1. The van der Waals surface area contributed by atoms with Crippen LogP contribution in [0.2, 0.25) is 0 Å². The number of alkyl halides is 1. The second-order valence-corrected chi connectivity index (χ2v) is 13.6. The first kappa shape index (κ1) is 39.5. The van der Waals surface area contributed by atoms with Crippen LogP contribution in [-0.2, 0) is 39.1 Å². The van der Waals surface area contributed by atoms with E-state index in [0.29, 0.717) is 23.6 Å². The third kappa shape index (κ3) is 10.1. The van der Waals surface area contributed by atoms with Crippen molar-refractivity contribution in [3.8, 4) is 11.4 Å². The topological polar surface area (TPSA) is 233 Å². The van der Waals surface area contributed by atoms with E-state index >= 15 is 0 Å². The average molecular weight is 746 g/mol. The van der Waals surface area contributed by atoms with Gasteiger partial charge < -0.3 is 19.9 Å². The van der Waals surface area contributed by atoms with Crippen LogP contribution in [0.3, 0.4) is 0 Å². The number of rotatable bonds is 20. The third-order valence-electron chi connectivity index (χ3n) is 7.69. The summed E-state index contributed by atoms with van der Waals surface area (Å²) in [7, 11) is -2.83. The van der Waals surface area contributed by atoms with Gasteiger partial charge in [-0.25, -0.2) is 28.1 Å². The number of nitrogens with zero attached hydrogens (tertiary/aromatic N) is 7. The van der Waals surface area contributed by atoms with Crippen molar-refractivity contribution in [2.45, 2.75) is 50.7 Å². The molecule has 2 heterocycles. The summed E-state index contributed by atoms with van der Waals surface area (Å²) in [5.41, 5.74) is 2.54. The number of methoxy groups -OCH3 is 1. The molecule has 52 heavy (non-hydrogen) atoms. The van der Waals surface area contributed by atoms with Gasteiger partial charge in [0, 0.05) is 18.3 Å². The van der Waals surface area contributed by atoms with Gasteiger partial charge in [0.15, 0.2) is 0 Å². The molecule has 2 aromatic carbocycles. The molecule has 0 aliphatic heterocycles. The highest BCUT2D eigenvalue weighted by Crippen LogP contribution is 2.26. The summed E-state index contributed by atoms with van der Waals surface area (Å²) >= 11 is 0. The van der Waals surface area contributed by atoms with Crippen LogP contribution in [0.15, 0.2) is 59.8 Å². The minimum Gasteiger partial charge on any atom is -0.497 e. The number of hydrogen-bond acceptors (Lipinski definition) is 12. The highest BCUT2D eigenvalue weighted by Gasteiger charge is 2.38. The third-order valence-corrected chi connectivity index (χ3v) is 9.53. The van der Waals surface area contributed by atoms with Crippen LogP contribution in [-0.4, -0.2) is 110 Å². The molecule has 18 nitrogen and oxygen atoms in total. The number of ether oxygens (including phenoxy) is 2. The van der Waals surface area contributed by atoms with Crippen LogP contribution >= 0.6 is 0 Å². The molecule has 0 aliphatic carbocycles. The molecule has 20 heteroatoms. The molecule has 4 N–H and O–H groups in total. The minimum absolute atomic E-state index is 0.0741. The molecular weight excluding hydrogens is 705 g/mol. The molecule has 2 aromatic heterocycles. The number of aromatic carboxylic acids is 1. The Bertz CT molecular complexity index is 1930. The van der Waals surface area contributed by atoms with Gasteiger partial charge >= 0.3 is 5.97 Å². The zero-order chi connectivity index (χ0) is 37.8. The molecule has 4 rings (SSSR count). The Kier molecular flexibility index (Phi) is 13.9. The van der Waals surface area contributed by atoms with Gasteiger partial charge in [0.05, 0.1) is 73.8 Å². The SMILES string of the molecule is COc1ccc(S(=O)(=O)N(Cc2cn(CCOCCNC(=O)c3cc(C(=O)O)cc(-n4cc(CCCF)nn4)c3)nn2)[C@@H](C(=O)NO)C(C)C)cc1. The van der Waals surface area contributed by atoms with Gasteiger partial charge in [0.2, 0.25) is 10.0 Å².